The Bertz CT molecular complexity index is 386. The van der Waals surface area contributed by atoms with E-state index in [4.69, 9.17) is 19.2 Å². The maximum atomic E-state index is 5.75. The van der Waals surface area contributed by atoms with Crippen LogP contribution in [0.1, 0.15) is 45.4 Å². The molecule has 7 heteroatoms. The fourth-order valence-corrected chi connectivity index (χ4v) is 3.42. The van der Waals surface area contributed by atoms with Gasteiger partial charge in [0.1, 0.15) is 0 Å². The highest BCUT2D eigenvalue weighted by Gasteiger charge is 2.36. The van der Waals surface area contributed by atoms with Gasteiger partial charge in [0, 0.05) is 52.5 Å². The second-order valence-corrected chi connectivity index (χ2v) is 7.38. The van der Waals surface area contributed by atoms with Crippen LogP contribution >= 0.6 is 24.0 Å². The Morgan fingerprint density at radius 2 is 2.12 bits per heavy atom. The van der Waals surface area contributed by atoms with Crippen molar-refractivity contribution in [1.29, 1.82) is 0 Å². The molecule has 1 saturated heterocycles. The molecule has 2 N–H and O–H groups in total. The molecule has 0 aromatic heterocycles. The molecule has 1 saturated carbocycles. The number of ether oxygens (including phenoxy) is 3. The van der Waals surface area contributed by atoms with Crippen molar-refractivity contribution >= 4 is 29.9 Å². The van der Waals surface area contributed by atoms with E-state index in [-0.39, 0.29) is 24.0 Å². The number of aliphatic imine (C=N–C) groups is 1. The lowest BCUT2D eigenvalue weighted by Crippen LogP contribution is -2.40. The van der Waals surface area contributed by atoms with Gasteiger partial charge in [-0.15, -0.1) is 24.0 Å². The zero-order chi connectivity index (χ0) is 17.8. The minimum Gasteiger partial charge on any atom is -0.385 e. The van der Waals surface area contributed by atoms with Gasteiger partial charge in [0.2, 0.25) is 0 Å². The number of nitrogens with zero attached hydrogens (tertiary/aromatic N) is 1. The molecule has 1 aliphatic heterocycles. The number of halogens is 1. The van der Waals surface area contributed by atoms with Crippen LogP contribution in [0.15, 0.2) is 4.99 Å². The topological polar surface area (TPSA) is 64.1 Å². The van der Waals surface area contributed by atoms with Gasteiger partial charge in [-0.1, -0.05) is 6.42 Å². The minimum absolute atomic E-state index is 0. The Labute approximate surface area is 176 Å². The van der Waals surface area contributed by atoms with E-state index >= 15 is 0 Å². The van der Waals surface area contributed by atoms with Gasteiger partial charge in [0.15, 0.2) is 5.96 Å². The molecule has 0 aromatic carbocycles. The molecular formula is C19H38IN3O3. The third-order valence-electron chi connectivity index (χ3n) is 5.30. The monoisotopic (exact) mass is 483 g/mol. The van der Waals surface area contributed by atoms with Crippen molar-refractivity contribution in [2.45, 2.75) is 45.4 Å². The van der Waals surface area contributed by atoms with Crippen LogP contribution in [0, 0.1) is 11.3 Å². The SMILES string of the molecule is CCNC(=NCC1(CCOC)CCC1)NCCCOCC1CCOC1.I. The Morgan fingerprint density at radius 3 is 2.73 bits per heavy atom. The zero-order valence-corrected chi connectivity index (χ0v) is 18.9. The second-order valence-electron chi connectivity index (χ2n) is 7.38. The molecule has 1 unspecified atom stereocenters. The Kier molecular flexibility index (Phi) is 12.8. The number of methoxy groups -OCH3 is 1. The summed E-state index contributed by atoms with van der Waals surface area (Å²) in [5.41, 5.74) is 0.366. The molecule has 1 aliphatic carbocycles. The normalized spacial score (nSPS) is 21.8. The molecule has 26 heavy (non-hydrogen) atoms. The maximum absolute atomic E-state index is 5.75. The first-order valence-corrected chi connectivity index (χ1v) is 9.94. The summed E-state index contributed by atoms with van der Waals surface area (Å²) >= 11 is 0. The summed E-state index contributed by atoms with van der Waals surface area (Å²) < 4.78 is 16.4. The fraction of sp³-hybridized carbons (Fsp3) is 0.947. The third-order valence-corrected chi connectivity index (χ3v) is 5.30. The number of guanidine groups is 1. The summed E-state index contributed by atoms with van der Waals surface area (Å²) in [5.74, 6) is 1.52. The molecule has 2 aliphatic rings. The number of rotatable bonds is 12. The molecule has 6 nitrogen and oxygen atoms in total. The van der Waals surface area contributed by atoms with E-state index in [2.05, 4.69) is 17.6 Å². The van der Waals surface area contributed by atoms with Crippen LogP contribution in [-0.4, -0.2) is 65.7 Å². The molecule has 0 radical (unpaired) electrons. The van der Waals surface area contributed by atoms with Crippen molar-refractivity contribution in [3.05, 3.63) is 0 Å². The molecule has 0 aromatic rings. The van der Waals surface area contributed by atoms with Crippen LogP contribution in [0.5, 0.6) is 0 Å². The Balaban J connectivity index is 0.00000338. The molecule has 1 atom stereocenters. The molecule has 2 rings (SSSR count). The van der Waals surface area contributed by atoms with E-state index in [0.717, 1.165) is 77.9 Å². The number of nitrogens with one attached hydrogen (secondary N) is 2. The van der Waals surface area contributed by atoms with Crippen LogP contribution in [0.2, 0.25) is 0 Å². The van der Waals surface area contributed by atoms with Gasteiger partial charge in [-0.05, 0) is 44.4 Å². The highest BCUT2D eigenvalue weighted by Crippen LogP contribution is 2.44. The van der Waals surface area contributed by atoms with Gasteiger partial charge >= 0.3 is 0 Å². The predicted octanol–water partition coefficient (Wildman–Crippen LogP) is 2.81. The predicted molar refractivity (Wildman–Crippen MR) is 117 cm³/mol. The largest absolute Gasteiger partial charge is 0.385 e. The van der Waals surface area contributed by atoms with Crippen molar-refractivity contribution in [3.8, 4) is 0 Å². The van der Waals surface area contributed by atoms with Gasteiger partial charge in [0.05, 0.1) is 13.2 Å². The summed E-state index contributed by atoms with van der Waals surface area (Å²) in [6, 6.07) is 0. The summed E-state index contributed by atoms with van der Waals surface area (Å²) in [4.78, 5) is 4.82. The standard InChI is InChI=1S/C19H37N3O3.HI/c1-3-20-18(22-16-19(7-4-8-19)9-13-23-2)21-10-5-11-24-14-17-6-12-25-15-17;/h17H,3-16H2,1-2H3,(H2,20,21,22);1H. The van der Waals surface area contributed by atoms with Crippen molar-refractivity contribution in [2.75, 3.05) is 59.8 Å². The fourth-order valence-electron chi connectivity index (χ4n) is 3.42. The number of hydrogen-bond donors (Lipinski definition) is 2. The molecule has 1 heterocycles. The zero-order valence-electron chi connectivity index (χ0n) is 16.6. The van der Waals surface area contributed by atoms with Crippen LogP contribution in [0.3, 0.4) is 0 Å². The van der Waals surface area contributed by atoms with E-state index in [1.165, 1.54) is 19.3 Å². The first-order chi connectivity index (χ1) is 12.3. The summed E-state index contributed by atoms with van der Waals surface area (Å²) in [6.07, 6.45) is 7.13. The van der Waals surface area contributed by atoms with Crippen molar-refractivity contribution < 1.29 is 14.2 Å². The van der Waals surface area contributed by atoms with Crippen LogP contribution in [-0.2, 0) is 14.2 Å². The van der Waals surface area contributed by atoms with E-state index in [9.17, 15) is 0 Å². The van der Waals surface area contributed by atoms with E-state index in [0.29, 0.717) is 11.3 Å². The van der Waals surface area contributed by atoms with Crippen LogP contribution in [0.4, 0.5) is 0 Å². The first kappa shape index (κ1) is 23.9. The lowest BCUT2D eigenvalue weighted by atomic mass is 9.67. The summed E-state index contributed by atoms with van der Waals surface area (Å²) in [5, 5.41) is 6.77. The Morgan fingerprint density at radius 1 is 1.27 bits per heavy atom. The van der Waals surface area contributed by atoms with Crippen molar-refractivity contribution in [1.82, 2.24) is 10.6 Å². The van der Waals surface area contributed by atoms with Gasteiger partial charge < -0.3 is 24.8 Å². The van der Waals surface area contributed by atoms with E-state index < -0.39 is 0 Å². The maximum Gasteiger partial charge on any atom is 0.191 e. The quantitative estimate of drug-likeness (QED) is 0.194. The van der Waals surface area contributed by atoms with Gasteiger partial charge in [-0.2, -0.15) is 0 Å². The summed E-state index contributed by atoms with van der Waals surface area (Å²) in [6.45, 7) is 8.98. The molecular weight excluding hydrogens is 445 g/mol. The second kappa shape index (κ2) is 14.0. The average Bonchev–Trinajstić information content (AvgIpc) is 3.10. The average molecular weight is 483 g/mol. The lowest BCUT2D eigenvalue weighted by Gasteiger charge is -2.40. The number of hydrogen-bond acceptors (Lipinski definition) is 4. The van der Waals surface area contributed by atoms with Crippen molar-refractivity contribution in [3.63, 3.8) is 0 Å². The molecule has 2 fully saturated rings. The first-order valence-electron chi connectivity index (χ1n) is 9.94. The molecule has 0 amide bonds. The minimum atomic E-state index is 0. The van der Waals surface area contributed by atoms with Crippen molar-refractivity contribution in [2.24, 2.45) is 16.3 Å². The smallest absolute Gasteiger partial charge is 0.191 e. The van der Waals surface area contributed by atoms with Gasteiger partial charge in [0.25, 0.3) is 0 Å². The molecule has 0 spiro atoms. The van der Waals surface area contributed by atoms with Gasteiger partial charge in [-0.3, -0.25) is 4.99 Å². The lowest BCUT2D eigenvalue weighted by molar-refractivity contribution is 0.0778. The highest BCUT2D eigenvalue weighted by atomic mass is 127. The third kappa shape index (κ3) is 8.71. The van der Waals surface area contributed by atoms with Gasteiger partial charge in [-0.25, -0.2) is 0 Å². The molecule has 154 valence electrons. The molecule has 0 bridgehead atoms. The van der Waals surface area contributed by atoms with E-state index in [1.54, 1.807) is 7.11 Å². The van der Waals surface area contributed by atoms with Crippen LogP contribution in [0.25, 0.3) is 0 Å². The van der Waals surface area contributed by atoms with Crippen LogP contribution < -0.4 is 10.6 Å². The highest BCUT2D eigenvalue weighted by molar-refractivity contribution is 14.0. The summed E-state index contributed by atoms with van der Waals surface area (Å²) in [7, 11) is 1.78. The van der Waals surface area contributed by atoms with E-state index in [1.807, 2.05) is 0 Å². The Hall–Kier alpha value is -0.120.